The van der Waals surface area contributed by atoms with Crippen molar-refractivity contribution in [2.75, 3.05) is 19.6 Å². The molecule has 2 N–H and O–H groups in total. The molecule has 1 atom stereocenters. The Morgan fingerprint density at radius 3 is 2.85 bits per heavy atom. The molecule has 6 nitrogen and oxygen atoms in total. The van der Waals surface area contributed by atoms with Gasteiger partial charge in [-0.05, 0) is 50.4 Å². The Kier molecular flexibility index (Phi) is 5.71. The van der Waals surface area contributed by atoms with E-state index in [-0.39, 0.29) is 11.3 Å². The van der Waals surface area contributed by atoms with Gasteiger partial charge in [-0.2, -0.15) is 4.98 Å². The molecular formula is C20H28N4O2. The molecule has 1 saturated heterocycles. The maximum absolute atomic E-state index is 12.7. The zero-order chi connectivity index (χ0) is 18.6. The first-order valence-electron chi connectivity index (χ1n) is 9.37. The van der Waals surface area contributed by atoms with Gasteiger partial charge in [0.05, 0.1) is 11.1 Å². The molecule has 140 valence electrons. The highest BCUT2D eigenvalue weighted by molar-refractivity contribution is 5.99. The molecule has 0 bridgehead atoms. The summed E-state index contributed by atoms with van der Waals surface area (Å²) >= 11 is 0. The van der Waals surface area contributed by atoms with Crippen LogP contribution in [0.1, 0.15) is 56.2 Å². The number of aromatic nitrogens is 2. The second kappa shape index (κ2) is 7.99. The largest absolute Gasteiger partial charge is 0.352 e. The van der Waals surface area contributed by atoms with Crippen LogP contribution in [0.4, 0.5) is 0 Å². The Morgan fingerprint density at radius 2 is 2.15 bits per heavy atom. The standard InChI is InChI=1S/C20H28N4O2/c1-20(2,3)19-23-18(26-24-19)16-9-5-4-8-15(16)17(25)22-12-10-14-7-6-11-21-13-14/h4-5,8-9,14,21H,6-7,10-13H2,1-3H3,(H,22,25). The number of hydrogen-bond acceptors (Lipinski definition) is 5. The Hall–Kier alpha value is -2.21. The zero-order valence-corrected chi connectivity index (χ0v) is 15.8. The van der Waals surface area contributed by atoms with Crippen molar-refractivity contribution >= 4 is 5.91 Å². The van der Waals surface area contributed by atoms with Crippen LogP contribution in [0, 0.1) is 5.92 Å². The van der Waals surface area contributed by atoms with Gasteiger partial charge in [-0.1, -0.05) is 38.1 Å². The Balaban J connectivity index is 1.68. The summed E-state index contributed by atoms with van der Waals surface area (Å²) in [7, 11) is 0. The van der Waals surface area contributed by atoms with E-state index in [1.54, 1.807) is 6.07 Å². The molecule has 2 aromatic rings. The second-order valence-electron chi connectivity index (χ2n) is 7.98. The number of piperidine rings is 1. The molecule has 0 saturated carbocycles. The number of benzene rings is 1. The molecule has 1 aromatic heterocycles. The van der Waals surface area contributed by atoms with Gasteiger partial charge in [0.2, 0.25) is 0 Å². The Labute approximate surface area is 154 Å². The average molecular weight is 356 g/mol. The lowest BCUT2D eigenvalue weighted by molar-refractivity contribution is 0.0951. The summed E-state index contributed by atoms with van der Waals surface area (Å²) in [6.07, 6.45) is 3.45. The quantitative estimate of drug-likeness (QED) is 0.860. The zero-order valence-electron chi connectivity index (χ0n) is 15.8. The first-order chi connectivity index (χ1) is 12.4. The minimum absolute atomic E-state index is 0.0973. The number of carbonyl (C=O) groups is 1. The summed E-state index contributed by atoms with van der Waals surface area (Å²) in [6, 6.07) is 7.37. The normalized spacial score (nSPS) is 17.9. The Morgan fingerprint density at radius 1 is 1.35 bits per heavy atom. The molecule has 0 radical (unpaired) electrons. The average Bonchev–Trinajstić information content (AvgIpc) is 3.13. The first-order valence-corrected chi connectivity index (χ1v) is 9.37. The minimum atomic E-state index is -0.201. The monoisotopic (exact) mass is 356 g/mol. The summed E-state index contributed by atoms with van der Waals surface area (Å²) in [6.45, 7) is 8.92. The molecule has 1 aliphatic rings. The van der Waals surface area contributed by atoms with Gasteiger partial charge in [-0.25, -0.2) is 0 Å². The SMILES string of the molecule is CC(C)(C)c1noc(-c2ccccc2C(=O)NCCC2CCCNC2)n1. The highest BCUT2D eigenvalue weighted by atomic mass is 16.5. The molecular weight excluding hydrogens is 328 g/mol. The highest BCUT2D eigenvalue weighted by Gasteiger charge is 2.23. The van der Waals surface area contributed by atoms with E-state index in [9.17, 15) is 4.79 Å². The van der Waals surface area contributed by atoms with Crippen molar-refractivity contribution in [3.63, 3.8) is 0 Å². The van der Waals surface area contributed by atoms with Crippen molar-refractivity contribution in [3.05, 3.63) is 35.7 Å². The van der Waals surface area contributed by atoms with Crippen LogP contribution in [-0.2, 0) is 5.41 Å². The van der Waals surface area contributed by atoms with Crippen LogP contribution < -0.4 is 10.6 Å². The van der Waals surface area contributed by atoms with Crippen LogP contribution in [0.15, 0.2) is 28.8 Å². The van der Waals surface area contributed by atoms with Crippen molar-refractivity contribution < 1.29 is 9.32 Å². The van der Waals surface area contributed by atoms with Crippen LogP contribution in [0.3, 0.4) is 0 Å². The van der Waals surface area contributed by atoms with E-state index in [1.807, 2.05) is 39.0 Å². The van der Waals surface area contributed by atoms with E-state index in [4.69, 9.17) is 4.52 Å². The van der Waals surface area contributed by atoms with Gasteiger partial charge in [0.1, 0.15) is 0 Å². The molecule has 26 heavy (non-hydrogen) atoms. The molecule has 1 amide bonds. The smallest absolute Gasteiger partial charge is 0.258 e. The summed E-state index contributed by atoms with van der Waals surface area (Å²) in [5.74, 6) is 1.56. The molecule has 2 heterocycles. The van der Waals surface area contributed by atoms with Crippen LogP contribution in [0.25, 0.3) is 11.5 Å². The molecule has 1 aliphatic heterocycles. The van der Waals surface area contributed by atoms with Crippen LogP contribution >= 0.6 is 0 Å². The van der Waals surface area contributed by atoms with Crippen molar-refractivity contribution in [2.24, 2.45) is 5.92 Å². The van der Waals surface area contributed by atoms with E-state index in [0.29, 0.717) is 35.3 Å². The predicted octanol–water partition coefficient (Wildman–Crippen LogP) is 3.15. The predicted molar refractivity (Wildman–Crippen MR) is 101 cm³/mol. The summed E-state index contributed by atoms with van der Waals surface area (Å²) in [5.41, 5.74) is 1.04. The fraction of sp³-hybridized carbons (Fsp3) is 0.550. The van der Waals surface area contributed by atoms with Gasteiger partial charge < -0.3 is 15.2 Å². The lowest BCUT2D eigenvalue weighted by Gasteiger charge is -2.22. The second-order valence-corrected chi connectivity index (χ2v) is 7.98. The van der Waals surface area contributed by atoms with Gasteiger partial charge in [0, 0.05) is 12.0 Å². The van der Waals surface area contributed by atoms with E-state index >= 15 is 0 Å². The van der Waals surface area contributed by atoms with Crippen LogP contribution in [0.2, 0.25) is 0 Å². The molecule has 1 aromatic carbocycles. The van der Waals surface area contributed by atoms with Crippen molar-refractivity contribution in [2.45, 2.75) is 45.4 Å². The van der Waals surface area contributed by atoms with Crippen molar-refractivity contribution in [3.8, 4) is 11.5 Å². The van der Waals surface area contributed by atoms with E-state index in [1.165, 1.54) is 12.8 Å². The lowest BCUT2D eigenvalue weighted by Crippen LogP contribution is -2.33. The van der Waals surface area contributed by atoms with Gasteiger partial charge >= 0.3 is 0 Å². The highest BCUT2D eigenvalue weighted by Crippen LogP contribution is 2.26. The topological polar surface area (TPSA) is 80.0 Å². The molecule has 6 heteroatoms. The molecule has 3 rings (SSSR count). The van der Waals surface area contributed by atoms with E-state index in [0.717, 1.165) is 19.5 Å². The van der Waals surface area contributed by atoms with Crippen LogP contribution in [-0.4, -0.2) is 35.7 Å². The minimum Gasteiger partial charge on any atom is -0.352 e. The molecule has 0 aliphatic carbocycles. The number of nitrogens with zero attached hydrogens (tertiary/aromatic N) is 2. The summed E-state index contributed by atoms with van der Waals surface area (Å²) in [4.78, 5) is 17.2. The van der Waals surface area contributed by atoms with Gasteiger partial charge in [0.25, 0.3) is 11.8 Å². The van der Waals surface area contributed by atoms with E-state index in [2.05, 4.69) is 20.8 Å². The summed E-state index contributed by atoms with van der Waals surface area (Å²) in [5, 5.41) is 10.5. The summed E-state index contributed by atoms with van der Waals surface area (Å²) < 4.78 is 5.42. The molecule has 0 spiro atoms. The molecule has 1 unspecified atom stereocenters. The molecule has 1 fully saturated rings. The number of rotatable bonds is 5. The first kappa shape index (κ1) is 18.6. The third-order valence-corrected chi connectivity index (χ3v) is 4.74. The fourth-order valence-corrected chi connectivity index (χ4v) is 3.16. The van der Waals surface area contributed by atoms with Gasteiger partial charge in [0.15, 0.2) is 5.82 Å². The Bertz CT molecular complexity index is 742. The van der Waals surface area contributed by atoms with Gasteiger partial charge in [-0.15, -0.1) is 0 Å². The van der Waals surface area contributed by atoms with Crippen molar-refractivity contribution in [1.82, 2.24) is 20.8 Å². The maximum Gasteiger partial charge on any atom is 0.258 e. The maximum atomic E-state index is 12.7. The van der Waals surface area contributed by atoms with Crippen molar-refractivity contribution in [1.29, 1.82) is 0 Å². The fourth-order valence-electron chi connectivity index (χ4n) is 3.16. The number of hydrogen-bond donors (Lipinski definition) is 2. The van der Waals surface area contributed by atoms with Gasteiger partial charge in [-0.3, -0.25) is 4.79 Å². The third kappa shape index (κ3) is 4.49. The number of nitrogens with one attached hydrogen (secondary N) is 2. The number of carbonyl (C=O) groups excluding carboxylic acids is 1. The lowest BCUT2D eigenvalue weighted by atomic mass is 9.96. The number of amides is 1. The van der Waals surface area contributed by atoms with E-state index < -0.39 is 0 Å². The third-order valence-electron chi connectivity index (χ3n) is 4.74. The van der Waals surface area contributed by atoms with Crippen LogP contribution in [0.5, 0.6) is 0 Å².